The monoisotopic (exact) mass is 587 g/mol. The van der Waals surface area contributed by atoms with Crippen molar-refractivity contribution in [1.82, 2.24) is 16.0 Å². The van der Waals surface area contributed by atoms with E-state index in [9.17, 15) is 44.1 Å². The summed E-state index contributed by atoms with van der Waals surface area (Å²) in [5.41, 5.74) is 11.7. The number of aliphatic carboxylic acids is 2. The van der Waals surface area contributed by atoms with Gasteiger partial charge in [-0.25, -0.2) is 4.79 Å². The molecule has 0 aromatic heterocycles. The number of aromatic hydroxyl groups is 2. The minimum Gasteiger partial charge on any atom is -0.508 e. The molecule has 0 spiro atoms. The van der Waals surface area contributed by atoms with Crippen LogP contribution in [-0.4, -0.2) is 80.2 Å². The summed E-state index contributed by atoms with van der Waals surface area (Å²) < 4.78 is 0. The Morgan fingerprint density at radius 1 is 0.667 bits per heavy atom. The van der Waals surface area contributed by atoms with Crippen LogP contribution in [0.1, 0.15) is 30.4 Å². The van der Waals surface area contributed by atoms with E-state index in [0.717, 1.165) is 0 Å². The number of nitrogens with one attached hydrogen (secondary N) is 3. The average molecular weight is 588 g/mol. The zero-order valence-electron chi connectivity index (χ0n) is 22.4. The first kappa shape index (κ1) is 33.0. The fourth-order valence-corrected chi connectivity index (χ4v) is 3.80. The van der Waals surface area contributed by atoms with Gasteiger partial charge in [-0.05, 0) is 41.8 Å². The third-order valence-electron chi connectivity index (χ3n) is 6.04. The standard InChI is InChI=1S/C27H33N5O10/c28-18(13-23(36)37)24(38)30-19(9-10-22(29)35)25(39)31-20(11-14-1-5-16(33)6-2-14)26(40)32-21(27(41)42)12-15-3-7-17(34)8-4-15/h1-8,18-21,33-34H,9-13,28H2,(H2,29,35)(H,30,38)(H,31,39)(H,32,40)(H,36,37)(H,41,42). The van der Waals surface area contributed by atoms with Crippen LogP contribution >= 0.6 is 0 Å². The number of phenolic OH excluding ortho intramolecular Hbond substituents is 2. The second-order valence-corrected chi connectivity index (χ2v) is 9.47. The highest BCUT2D eigenvalue weighted by molar-refractivity contribution is 5.95. The molecule has 11 N–H and O–H groups in total. The van der Waals surface area contributed by atoms with E-state index in [4.69, 9.17) is 16.6 Å². The van der Waals surface area contributed by atoms with Gasteiger partial charge >= 0.3 is 11.9 Å². The van der Waals surface area contributed by atoms with Crippen LogP contribution in [0.5, 0.6) is 11.5 Å². The van der Waals surface area contributed by atoms with Crippen LogP contribution in [0.25, 0.3) is 0 Å². The Morgan fingerprint density at radius 3 is 1.55 bits per heavy atom. The van der Waals surface area contributed by atoms with Crippen molar-refractivity contribution < 1.29 is 49.2 Å². The number of carboxylic acids is 2. The summed E-state index contributed by atoms with van der Waals surface area (Å²) in [6.07, 6.45) is -1.72. The normalized spacial score (nSPS) is 13.5. The van der Waals surface area contributed by atoms with Crippen molar-refractivity contribution in [2.45, 2.75) is 56.3 Å². The summed E-state index contributed by atoms with van der Waals surface area (Å²) in [7, 11) is 0. The second kappa shape index (κ2) is 15.6. The molecule has 0 bridgehead atoms. The van der Waals surface area contributed by atoms with Crippen LogP contribution in [0.2, 0.25) is 0 Å². The fraction of sp³-hybridized carbons (Fsp3) is 0.333. The minimum atomic E-state index is -1.52. The number of hydrogen-bond acceptors (Lipinski definition) is 9. The van der Waals surface area contributed by atoms with Crippen molar-refractivity contribution in [1.29, 1.82) is 0 Å². The minimum absolute atomic E-state index is 0.0340. The first-order valence-corrected chi connectivity index (χ1v) is 12.7. The Labute approximate surface area is 239 Å². The molecule has 0 aliphatic carbocycles. The van der Waals surface area contributed by atoms with Crippen LogP contribution in [0.4, 0.5) is 0 Å². The number of carboxylic acid groups (broad SMARTS) is 2. The van der Waals surface area contributed by atoms with Crippen molar-refractivity contribution in [3.63, 3.8) is 0 Å². The van der Waals surface area contributed by atoms with E-state index in [1.54, 1.807) is 0 Å². The summed E-state index contributed by atoms with van der Waals surface area (Å²) in [4.78, 5) is 73.2. The summed E-state index contributed by atoms with van der Waals surface area (Å²) in [6.45, 7) is 0. The number of carbonyl (C=O) groups excluding carboxylic acids is 4. The molecule has 15 heteroatoms. The van der Waals surface area contributed by atoms with E-state index < -0.39 is 66.2 Å². The number of benzene rings is 2. The number of carbonyl (C=O) groups is 6. The van der Waals surface area contributed by atoms with Gasteiger partial charge in [-0.15, -0.1) is 0 Å². The van der Waals surface area contributed by atoms with Crippen LogP contribution in [0, 0.1) is 0 Å². The van der Waals surface area contributed by atoms with Crippen LogP contribution < -0.4 is 27.4 Å². The number of nitrogens with two attached hydrogens (primary N) is 2. The van der Waals surface area contributed by atoms with E-state index >= 15 is 0 Å². The van der Waals surface area contributed by atoms with Crippen LogP contribution in [-0.2, 0) is 41.6 Å². The van der Waals surface area contributed by atoms with Gasteiger partial charge in [0.2, 0.25) is 23.6 Å². The molecular weight excluding hydrogens is 554 g/mol. The Morgan fingerprint density at radius 2 is 1.10 bits per heavy atom. The molecule has 4 atom stereocenters. The second-order valence-electron chi connectivity index (χ2n) is 9.47. The molecule has 0 saturated heterocycles. The molecule has 2 aromatic rings. The molecular formula is C27H33N5O10. The highest BCUT2D eigenvalue weighted by atomic mass is 16.4. The maximum Gasteiger partial charge on any atom is 0.326 e. The van der Waals surface area contributed by atoms with E-state index in [-0.39, 0.29) is 37.2 Å². The van der Waals surface area contributed by atoms with Gasteiger partial charge in [0.1, 0.15) is 29.6 Å². The van der Waals surface area contributed by atoms with E-state index in [0.29, 0.717) is 11.1 Å². The molecule has 0 aliphatic heterocycles. The Balaban J connectivity index is 2.29. The van der Waals surface area contributed by atoms with Gasteiger partial charge in [-0.1, -0.05) is 24.3 Å². The lowest BCUT2D eigenvalue weighted by molar-refractivity contribution is -0.142. The lowest BCUT2D eigenvalue weighted by Gasteiger charge is -2.25. The smallest absolute Gasteiger partial charge is 0.326 e. The third-order valence-corrected chi connectivity index (χ3v) is 6.04. The Kier molecular flexibility index (Phi) is 12.2. The van der Waals surface area contributed by atoms with E-state index in [2.05, 4.69) is 16.0 Å². The molecule has 0 aliphatic rings. The van der Waals surface area contributed by atoms with Crippen molar-refractivity contribution >= 4 is 35.6 Å². The SMILES string of the molecule is NC(=O)CCC(NC(=O)C(N)CC(=O)O)C(=O)NC(Cc1ccc(O)cc1)C(=O)NC(Cc1ccc(O)cc1)C(=O)O. The number of hydrogen-bond donors (Lipinski definition) is 9. The molecule has 4 unspecified atom stereocenters. The van der Waals surface area contributed by atoms with Crippen molar-refractivity contribution in [3.8, 4) is 11.5 Å². The molecule has 0 heterocycles. The topological polar surface area (TPSA) is 271 Å². The maximum atomic E-state index is 13.3. The number of rotatable bonds is 16. The summed E-state index contributed by atoms with van der Waals surface area (Å²) >= 11 is 0. The zero-order chi connectivity index (χ0) is 31.4. The quantitative estimate of drug-likeness (QED) is 0.109. The molecule has 42 heavy (non-hydrogen) atoms. The molecule has 2 rings (SSSR count). The van der Waals surface area contributed by atoms with Crippen molar-refractivity contribution in [3.05, 3.63) is 59.7 Å². The molecule has 15 nitrogen and oxygen atoms in total. The first-order valence-electron chi connectivity index (χ1n) is 12.7. The molecule has 4 amide bonds. The maximum absolute atomic E-state index is 13.3. The van der Waals surface area contributed by atoms with E-state index in [1.807, 2.05) is 0 Å². The van der Waals surface area contributed by atoms with E-state index in [1.165, 1.54) is 48.5 Å². The summed E-state index contributed by atoms with van der Waals surface area (Å²) in [6, 6.07) is 5.51. The average Bonchev–Trinajstić information content (AvgIpc) is 2.91. The van der Waals surface area contributed by atoms with Crippen molar-refractivity contribution in [2.24, 2.45) is 11.5 Å². The highest BCUT2D eigenvalue weighted by Crippen LogP contribution is 2.14. The van der Waals surface area contributed by atoms with Crippen LogP contribution in [0.3, 0.4) is 0 Å². The third kappa shape index (κ3) is 11.1. The number of amides is 4. The van der Waals surface area contributed by atoms with Gasteiger partial charge in [0.15, 0.2) is 0 Å². The van der Waals surface area contributed by atoms with Gasteiger partial charge in [0.25, 0.3) is 0 Å². The van der Waals surface area contributed by atoms with Crippen LogP contribution in [0.15, 0.2) is 48.5 Å². The molecule has 2 aromatic carbocycles. The van der Waals surface area contributed by atoms with Gasteiger partial charge in [-0.2, -0.15) is 0 Å². The number of primary amides is 1. The lowest BCUT2D eigenvalue weighted by Crippen LogP contribution is -2.58. The first-order chi connectivity index (χ1) is 19.7. The zero-order valence-corrected chi connectivity index (χ0v) is 22.4. The predicted molar refractivity (Wildman–Crippen MR) is 146 cm³/mol. The summed E-state index contributed by atoms with van der Waals surface area (Å²) in [5, 5.41) is 44.7. The largest absolute Gasteiger partial charge is 0.508 e. The van der Waals surface area contributed by atoms with Gasteiger partial charge in [0.05, 0.1) is 12.5 Å². The fourth-order valence-electron chi connectivity index (χ4n) is 3.80. The number of phenols is 2. The van der Waals surface area contributed by atoms with Crippen molar-refractivity contribution in [2.75, 3.05) is 0 Å². The predicted octanol–water partition coefficient (Wildman–Crippen LogP) is -1.51. The molecule has 0 saturated carbocycles. The van der Waals surface area contributed by atoms with Gasteiger partial charge in [0, 0.05) is 19.3 Å². The molecule has 0 fully saturated rings. The molecule has 0 radical (unpaired) electrons. The highest BCUT2D eigenvalue weighted by Gasteiger charge is 2.31. The Hall–Kier alpha value is -5.18. The Bertz CT molecular complexity index is 1280. The van der Waals surface area contributed by atoms with Gasteiger partial charge in [-0.3, -0.25) is 24.0 Å². The lowest BCUT2D eigenvalue weighted by atomic mass is 10.0. The summed E-state index contributed by atoms with van der Waals surface area (Å²) in [5.74, 6) is -6.47. The molecule has 226 valence electrons. The van der Waals surface area contributed by atoms with Gasteiger partial charge < -0.3 is 47.8 Å².